The molecule has 0 bridgehead atoms. The summed E-state index contributed by atoms with van der Waals surface area (Å²) in [7, 11) is -2.76. The van der Waals surface area contributed by atoms with Gasteiger partial charge in [-0.3, -0.25) is 13.9 Å². The standard InChI is InChI=1S/C32H29N3O7S/c1-41-22-11-13-23(14-12-22)43(39,40)35-26-10-6-5-9-25(26)32-19-28(36)34(20-21-7-3-2-4-8-21)27(32)16-15-24(29(32)35)30(37)33-17-18-42-31(33)38/h2-14,16,24,29H,15,17-20H2,1H3/t24-,29+,32-/m1/s1. The number of cyclic esters (lactones) is 1. The van der Waals surface area contributed by atoms with Crippen molar-refractivity contribution in [2.45, 2.75) is 35.7 Å². The Morgan fingerprint density at radius 3 is 2.42 bits per heavy atom. The zero-order valence-corrected chi connectivity index (χ0v) is 24.2. The Balaban J connectivity index is 1.42. The number of para-hydroxylation sites is 1. The van der Waals surface area contributed by atoms with E-state index in [4.69, 9.17) is 9.47 Å². The summed E-state index contributed by atoms with van der Waals surface area (Å²) in [5, 5.41) is 0. The number of rotatable bonds is 6. The number of allylic oxidation sites excluding steroid dienone is 1. The summed E-state index contributed by atoms with van der Waals surface area (Å²) >= 11 is 0. The number of benzene rings is 3. The third-order valence-electron chi connectivity index (χ3n) is 8.95. The Kier molecular flexibility index (Phi) is 6.31. The zero-order valence-electron chi connectivity index (χ0n) is 23.4. The average molecular weight is 600 g/mol. The van der Waals surface area contributed by atoms with E-state index in [0.29, 0.717) is 29.2 Å². The summed E-state index contributed by atoms with van der Waals surface area (Å²) in [6, 6.07) is 21.8. The monoisotopic (exact) mass is 599 g/mol. The lowest BCUT2D eigenvalue weighted by atomic mass is 9.65. The van der Waals surface area contributed by atoms with Gasteiger partial charge in [0, 0.05) is 12.1 Å². The van der Waals surface area contributed by atoms with Crippen LogP contribution in [0, 0.1) is 5.92 Å². The van der Waals surface area contributed by atoms with Gasteiger partial charge in [0.1, 0.15) is 12.4 Å². The fourth-order valence-corrected chi connectivity index (χ4v) is 8.87. The molecule has 3 aliphatic heterocycles. The highest BCUT2D eigenvalue weighted by Gasteiger charge is 2.67. The number of likely N-dealkylation sites (tertiary alicyclic amines) is 1. The van der Waals surface area contributed by atoms with Crippen LogP contribution in [-0.4, -0.2) is 62.4 Å². The number of amides is 3. The van der Waals surface area contributed by atoms with E-state index in [1.54, 1.807) is 29.2 Å². The van der Waals surface area contributed by atoms with Crippen LogP contribution < -0.4 is 9.04 Å². The third-order valence-corrected chi connectivity index (χ3v) is 10.8. The molecule has 0 N–H and O–H groups in total. The van der Waals surface area contributed by atoms with Crippen LogP contribution >= 0.6 is 0 Å². The van der Waals surface area contributed by atoms with Crippen LogP contribution in [-0.2, 0) is 36.3 Å². The molecule has 1 aliphatic carbocycles. The number of ether oxygens (including phenoxy) is 2. The highest BCUT2D eigenvalue weighted by Crippen LogP contribution is 2.61. The number of fused-ring (bicyclic) bond motifs is 1. The van der Waals surface area contributed by atoms with E-state index in [1.807, 2.05) is 48.5 Å². The SMILES string of the molecule is COc1ccc(S(=O)(=O)N2c3ccccc3[C@]34CC(=O)N(Cc5ccccc5)C3=CC[C@@H](C(=O)N3CCOC3=O)[C@H]24)cc1. The van der Waals surface area contributed by atoms with Crippen molar-refractivity contribution in [3.8, 4) is 5.75 Å². The van der Waals surface area contributed by atoms with Gasteiger partial charge >= 0.3 is 6.09 Å². The molecule has 11 heteroatoms. The van der Waals surface area contributed by atoms with Gasteiger partial charge in [0.2, 0.25) is 11.8 Å². The van der Waals surface area contributed by atoms with Crippen LogP contribution in [0.3, 0.4) is 0 Å². The Morgan fingerprint density at radius 1 is 1.00 bits per heavy atom. The minimum Gasteiger partial charge on any atom is -0.497 e. The molecule has 1 spiro atoms. The first-order valence-electron chi connectivity index (χ1n) is 14.1. The number of sulfonamides is 1. The summed E-state index contributed by atoms with van der Waals surface area (Å²) in [5.41, 5.74) is 1.54. The van der Waals surface area contributed by atoms with Gasteiger partial charge in [-0.2, -0.15) is 0 Å². The number of imide groups is 1. The van der Waals surface area contributed by atoms with Crippen LogP contribution in [0.25, 0.3) is 0 Å². The van der Waals surface area contributed by atoms with Crippen molar-refractivity contribution in [3.05, 3.63) is 102 Å². The van der Waals surface area contributed by atoms with Gasteiger partial charge in [0.25, 0.3) is 10.0 Å². The Morgan fingerprint density at radius 2 is 1.72 bits per heavy atom. The van der Waals surface area contributed by atoms with Crippen LogP contribution in [0.15, 0.2) is 95.5 Å². The quantitative estimate of drug-likeness (QED) is 0.423. The Bertz CT molecular complexity index is 1770. The number of carbonyl (C=O) groups excluding carboxylic acids is 3. The highest BCUT2D eigenvalue weighted by atomic mass is 32.2. The topological polar surface area (TPSA) is 114 Å². The molecular weight excluding hydrogens is 570 g/mol. The maximum absolute atomic E-state index is 14.6. The predicted octanol–water partition coefficient (Wildman–Crippen LogP) is 3.83. The average Bonchev–Trinajstić information content (AvgIpc) is 3.67. The predicted molar refractivity (Wildman–Crippen MR) is 155 cm³/mol. The molecule has 2 fully saturated rings. The van der Waals surface area contributed by atoms with Crippen molar-refractivity contribution < 1.29 is 32.3 Å². The van der Waals surface area contributed by atoms with E-state index >= 15 is 0 Å². The van der Waals surface area contributed by atoms with Gasteiger partial charge < -0.3 is 14.4 Å². The van der Waals surface area contributed by atoms with Crippen molar-refractivity contribution in [2.24, 2.45) is 5.92 Å². The maximum atomic E-state index is 14.6. The zero-order chi connectivity index (χ0) is 29.9. The van der Waals surface area contributed by atoms with Gasteiger partial charge in [0.15, 0.2) is 0 Å². The van der Waals surface area contributed by atoms with Gasteiger partial charge in [-0.15, -0.1) is 0 Å². The van der Waals surface area contributed by atoms with Crippen molar-refractivity contribution in [2.75, 3.05) is 24.6 Å². The Hall–Kier alpha value is -4.64. The normalized spacial score (nSPS) is 24.3. The van der Waals surface area contributed by atoms with E-state index in [1.165, 1.54) is 23.5 Å². The lowest BCUT2D eigenvalue weighted by Crippen LogP contribution is -2.57. The maximum Gasteiger partial charge on any atom is 0.416 e. The van der Waals surface area contributed by atoms with Crippen LogP contribution in [0.5, 0.6) is 5.75 Å². The third kappa shape index (κ3) is 3.98. The van der Waals surface area contributed by atoms with Gasteiger partial charge in [-0.05, 0) is 47.9 Å². The van der Waals surface area contributed by atoms with Crippen LogP contribution in [0.1, 0.15) is 24.0 Å². The Labute approximate surface area is 249 Å². The first-order chi connectivity index (χ1) is 20.8. The summed E-state index contributed by atoms with van der Waals surface area (Å²) in [5.74, 6) is -1.12. The number of hydrogen-bond acceptors (Lipinski definition) is 7. The molecule has 3 amide bonds. The molecule has 7 rings (SSSR count). The molecule has 10 nitrogen and oxygen atoms in total. The summed E-state index contributed by atoms with van der Waals surface area (Å²) in [6.45, 7) is 0.470. The van der Waals surface area contributed by atoms with E-state index in [2.05, 4.69) is 0 Å². The number of methoxy groups -OCH3 is 1. The number of carbonyl (C=O) groups is 3. The molecular formula is C32H29N3O7S. The fraction of sp³-hybridized carbons (Fsp3) is 0.281. The summed E-state index contributed by atoms with van der Waals surface area (Å²) in [6.07, 6.45) is 1.26. The lowest BCUT2D eigenvalue weighted by Gasteiger charge is -2.44. The van der Waals surface area contributed by atoms with Crippen molar-refractivity contribution in [1.82, 2.24) is 9.80 Å². The molecule has 3 atom stereocenters. The lowest BCUT2D eigenvalue weighted by molar-refractivity contribution is -0.133. The minimum atomic E-state index is -4.25. The van der Waals surface area contributed by atoms with Crippen molar-refractivity contribution in [3.63, 3.8) is 0 Å². The first-order valence-corrected chi connectivity index (χ1v) is 15.5. The van der Waals surface area contributed by atoms with Gasteiger partial charge in [0.05, 0.1) is 48.2 Å². The van der Waals surface area contributed by atoms with Gasteiger partial charge in [-0.25, -0.2) is 18.1 Å². The summed E-state index contributed by atoms with van der Waals surface area (Å²) in [4.78, 5) is 43.3. The minimum absolute atomic E-state index is 0.0177. The largest absolute Gasteiger partial charge is 0.497 e. The highest BCUT2D eigenvalue weighted by molar-refractivity contribution is 7.93. The second-order valence-electron chi connectivity index (χ2n) is 11.1. The number of hydrogen-bond donors (Lipinski definition) is 0. The molecule has 220 valence electrons. The van der Waals surface area contributed by atoms with Gasteiger partial charge in [-0.1, -0.05) is 54.6 Å². The van der Waals surface area contributed by atoms with E-state index in [0.717, 1.165) is 10.5 Å². The molecule has 4 aliphatic rings. The van der Waals surface area contributed by atoms with Crippen molar-refractivity contribution in [1.29, 1.82) is 0 Å². The first kappa shape index (κ1) is 27.2. The second kappa shape index (κ2) is 9.98. The summed E-state index contributed by atoms with van der Waals surface area (Å²) < 4.78 is 40.8. The van der Waals surface area contributed by atoms with E-state index in [-0.39, 0.29) is 36.8 Å². The van der Waals surface area contributed by atoms with E-state index < -0.39 is 39.4 Å². The molecule has 3 aromatic rings. The molecule has 0 aromatic heterocycles. The molecule has 2 saturated heterocycles. The molecule has 3 aromatic carbocycles. The number of anilines is 1. The van der Waals surface area contributed by atoms with Crippen LogP contribution in [0.4, 0.5) is 10.5 Å². The van der Waals surface area contributed by atoms with E-state index in [9.17, 15) is 22.8 Å². The smallest absolute Gasteiger partial charge is 0.416 e. The second-order valence-corrected chi connectivity index (χ2v) is 12.9. The van der Waals surface area contributed by atoms with Crippen LogP contribution in [0.2, 0.25) is 0 Å². The number of nitrogens with zero attached hydrogens (tertiary/aromatic N) is 3. The fourth-order valence-electron chi connectivity index (χ4n) is 7.12. The molecule has 0 saturated carbocycles. The molecule has 43 heavy (non-hydrogen) atoms. The molecule has 0 unspecified atom stereocenters. The van der Waals surface area contributed by atoms with Crippen molar-refractivity contribution >= 4 is 33.6 Å². The molecule has 0 radical (unpaired) electrons. The molecule has 3 heterocycles.